The van der Waals surface area contributed by atoms with Crippen molar-refractivity contribution in [3.63, 3.8) is 0 Å². The molecule has 0 radical (unpaired) electrons. The van der Waals surface area contributed by atoms with Crippen molar-refractivity contribution in [2.24, 2.45) is 0 Å². The van der Waals surface area contributed by atoms with Crippen LogP contribution in [0.3, 0.4) is 0 Å². The Morgan fingerprint density at radius 2 is 2.35 bits per heavy atom. The average Bonchev–Trinajstić information content (AvgIpc) is 2.32. The highest BCUT2D eigenvalue weighted by Crippen LogP contribution is 2.21. The molecule has 1 fully saturated rings. The summed E-state index contributed by atoms with van der Waals surface area (Å²) in [6.07, 6.45) is 1.49. The number of nitrogens with zero attached hydrogens (tertiary/aromatic N) is 3. The Bertz CT molecular complexity index is 424. The summed E-state index contributed by atoms with van der Waals surface area (Å²) in [7, 11) is 0. The molecule has 0 spiro atoms. The lowest BCUT2D eigenvalue weighted by molar-refractivity contribution is -0.384. The smallest absolute Gasteiger partial charge is 0.274 e. The van der Waals surface area contributed by atoms with E-state index >= 15 is 0 Å². The molecule has 0 amide bonds. The van der Waals surface area contributed by atoms with Gasteiger partial charge in [0.15, 0.2) is 0 Å². The summed E-state index contributed by atoms with van der Waals surface area (Å²) in [5.74, 6) is 0.681. The molecule has 1 N–H and O–H groups in total. The highest BCUT2D eigenvalue weighted by Gasteiger charge is 2.24. The quantitative estimate of drug-likeness (QED) is 0.616. The molecule has 0 aromatic carbocycles. The zero-order chi connectivity index (χ0) is 12.4. The number of piperazine rings is 1. The number of rotatable bonds is 2. The van der Waals surface area contributed by atoms with Gasteiger partial charge in [-0.1, -0.05) is 0 Å². The van der Waals surface area contributed by atoms with Gasteiger partial charge in [0.25, 0.3) is 5.69 Å². The molecule has 1 aromatic rings. The topological polar surface area (TPSA) is 71.3 Å². The van der Waals surface area contributed by atoms with E-state index in [1.807, 2.05) is 0 Å². The number of hydrogen-bond acceptors (Lipinski definition) is 5. The van der Waals surface area contributed by atoms with Gasteiger partial charge >= 0.3 is 0 Å². The number of hydrogen-bond donors (Lipinski definition) is 1. The molecule has 2 rings (SSSR count). The summed E-state index contributed by atoms with van der Waals surface area (Å²) < 4.78 is 0. The van der Waals surface area contributed by atoms with Crippen molar-refractivity contribution in [1.29, 1.82) is 0 Å². The van der Waals surface area contributed by atoms with E-state index in [1.54, 1.807) is 0 Å². The number of aromatic nitrogens is 1. The Morgan fingerprint density at radius 3 is 3.06 bits per heavy atom. The number of nitro groups is 1. The van der Waals surface area contributed by atoms with Crippen LogP contribution in [0.25, 0.3) is 0 Å². The first-order valence-electron chi connectivity index (χ1n) is 5.68. The van der Waals surface area contributed by atoms with E-state index in [0.29, 0.717) is 17.9 Å². The summed E-state index contributed by atoms with van der Waals surface area (Å²) >= 11 is 0. The molecular formula is C11H16N4O2. The molecule has 1 aliphatic rings. The maximum Gasteiger partial charge on any atom is 0.274 e. The van der Waals surface area contributed by atoms with Gasteiger partial charge in [-0.15, -0.1) is 0 Å². The fourth-order valence-corrected chi connectivity index (χ4v) is 2.02. The van der Waals surface area contributed by atoms with Crippen molar-refractivity contribution in [2.45, 2.75) is 25.9 Å². The second kappa shape index (κ2) is 4.67. The minimum atomic E-state index is -0.387. The van der Waals surface area contributed by atoms with Crippen molar-refractivity contribution in [2.75, 3.05) is 18.0 Å². The normalized spacial score (nSPS) is 24.7. The zero-order valence-electron chi connectivity index (χ0n) is 9.96. The molecule has 2 unspecified atom stereocenters. The molecule has 1 aliphatic heterocycles. The molecule has 1 aromatic heterocycles. The van der Waals surface area contributed by atoms with Gasteiger partial charge < -0.3 is 10.2 Å². The van der Waals surface area contributed by atoms with E-state index < -0.39 is 0 Å². The Hall–Kier alpha value is -1.69. The zero-order valence-corrected chi connectivity index (χ0v) is 9.96. The predicted molar refractivity (Wildman–Crippen MR) is 65.2 cm³/mol. The highest BCUT2D eigenvalue weighted by molar-refractivity contribution is 5.48. The molecule has 2 heterocycles. The molecule has 1 saturated heterocycles. The van der Waals surface area contributed by atoms with Gasteiger partial charge in [-0.25, -0.2) is 4.98 Å². The lowest BCUT2D eigenvalue weighted by Gasteiger charge is -2.38. The van der Waals surface area contributed by atoms with E-state index in [1.165, 1.54) is 18.3 Å². The average molecular weight is 236 g/mol. The molecule has 0 saturated carbocycles. The van der Waals surface area contributed by atoms with Gasteiger partial charge in [-0.05, 0) is 13.8 Å². The SMILES string of the molecule is CC1CN(c2cc([N+](=O)[O-])ccn2)C(C)CN1. The first kappa shape index (κ1) is 11.8. The van der Waals surface area contributed by atoms with Gasteiger partial charge in [0.1, 0.15) is 5.82 Å². The van der Waals surface area contributed by atoms with Gasteiger partial charge in [-0.3, -0.25) is 10.1 Å². The summed E-state index contributed by atoms with van der Waals surface area (Å²) in [6.45, 7) is 5.86. The lowest BCUT2D eigenvalue weighted by atomic mass is 10.1. The van der Waals surface area contributed by atoms with Crippen LogP contribution in [0.15, 0.2) is 18.3 Å². The van der Waals surface area contributed by atoms with Crippen LogP contribution in [0.2, 0.25) is 0 Å². The lowest BCUT2D eigenvalue weighted by Crippen LogP contribution is -2.54. The molecule has 92 valence electrons. The molecule has 17 heavy (non-hydrogen) atoms. The first-order chi connectivity index (χ1) is 8.08. The number of anilines is 1. The summed E-state index contributed by atoms with van der Waals surface area (Å²) in [5, 5.41) is 14.1. The maximum absolute atomic E-state index is 10.7. The standard InChI is InChI=1S/C11H16N4O2/c1-8-7-14(9(2)6-13-8)11-5-10(15(16)17)3-4-12-11/h3-5,8-9,13H,6-7H2,1-2H3. The van der Waals surface area contributed by atoms with Crippen LogP contribution >= 0.6 is 0 Å². The van der Waals surface area contributed by atoms with Crippen molar-refractivity contribution >= 4 is 11.5 Å². The Morgan fingerprint density at radius 1 is 1.59 bits per heavy atom. The fraction of sp³-hybridized carbons (Fsp3) is 0.545. The Labute approximate surface area is 99.8 Å². The molecule has 6 heteroatoms. The minimum absolute atomic E-state index is 0.0911. The van der Waals surface area contributed by atoms with Crippen molar-refractivity contribution in [3.8, 4) is 0 Å². The summed E-state index contributed by atoms with van der Waals surface area (Å²) in [5.41, 5.74) is 0.0911. The summed E-state index contributed by atoms with van der Waals surface area (Å²) in [6, 6.07) is 3.61. The van der Waals surface area contributed by atoms with Crippen LogP contribution in [0, 0.1) is 10.1 Å². The van der Waals surface area contributed by atoms with Crippen LogP contribution in [0.4, 0.5) is 11.5 Å². The van der Waals surface area contributed by atoms with Gasteiger partial charge in [0, 0.05) is 37.4 Å². The molecule has 6 nitrogen and oxygen atoms in total. The van der Waals surface area contributed by atoms with Gasteiger partial charge in [0.05, 0.1) is 11.0 Å². The summed E-state index contributed by atoms with van der Waals surface area (Å²) in [4.78, 5) is 16.7. The molecule has 0 bridgehead atoms. The maximum atomic E-state index is 10.7. The van der Waals surface area contributed by atoms with E-state index in [9.17, 15) is 10.1 Å². The number of pyridine rings is 1. The monoisotopic (exact) mass is 236 g/mol. The third-order valence-corrected chi connectivity index (χ3v) is 3.00. The number of nitrogens with one attached hydrogen (secondary N) is 1. The minimum Gasteiger partial charge on any atom is -0.351 e. The van der Waals surface area contributed by atoms with Crippen LogP contribution < -0.4 is 10.2 Å². The van der Waals surface area contributed by atoms with Crippen LogP contribution in [0.5, 0.6) is 0 Å². The van der Waals surface area contributed by atoms with Crippen molar-refractivity contribution in [3.05, 3.63) is 28.4 Å². The van der Waals surface area contributed by atoms with Crippen molar-refractivity contribution < 1.29 is 4.92 Å². The second-order valence-corrected chi connectivity index (χ2v) is 4.44. The Kier molecular flexibility index (Phi) is 3.23. The van der Waals surface area contributed by atoms with E-state index in [0.717, 1.165) is 13.1 Å². The molecule has 0 aliphatic carbocycles. The van der Waals surface area contributed by atoms with Crippen LogP contribution in [0.1, 0.15) is 13.8 Å². The van der Waals surface area contributed by atoms with Crippen molar-refractivity contribution in [1.82, 2.24) is 10.3 Å². The van der Waals surface area contributed by atoms with Gasteiger partial charge in [-0.2, -0.15) is 0 Å². The fourth-order valence-electron chi connectivity index (χ4n) is 2.02. The largest absolute Gasteiger partial charge is 0.351 e. The Balaban J connectivity index is 2.26. The first-order valence-corrected chi connectivity index (χ1v) is 5.68. The third kappa shape index (κ3) is 2.52. The van der Waals surface area contributed by atoms with Gasteiger partial charge in [0.2, 0.25) is 0 Å². The predicted octanol–water partition coefficient (Wildman–Crippen LogP) is 1.18. The second-order valence-electron chi connectivity index (χ2n) is 4.44. The van der Waals surface area contributed by atoms with Crippen LogP contribution in [-0.4, -0.2) is 35.1 Å². The van der Waals surface area contributed by atoms with E-state index in [2.05, 4.69) is 29.0 Å². The van der Waals surface area contributed by atoms with E-state index in [4.69, 9.17) is 0 Å². The highest BCUT2D eigenvalue weighted by atomic mass is 16.6. The van der Waals surface area contributed by atoms with Crippen LogP contribution in [-0.2, 0) is 0 Å². The molecule has 2 atom stereocenters. The van der Waals surface area contributed by atoms with E-state index in [-0.39, 0.29) is 10.6 Å². The molecular weight excluding hydrogens is 220 g/mol. The third-order valence-electron chi connectivity index (χ3n) is 3.00.